The van der Waals surface area contributed by atoms with Gasteiger partial charge in [-0.1, -0.05) is 18.2 Å². The van der Waals surface area contributed by atoms with E-state index in [9.17, 15) is 0 Å². The van der Waals surface area contributed by atoms with Gasteiger partial charge in [0.1, 0.15) is 11.4 Å². The van der Waals surface area contributed by atoms with E-state index < -0.39 is 0 Å². The van der Waals surface area contributed by atoms with Crippen LogP contribution in [0.5, 0.6) is 0 Å². The summed E-state index contributed by atoms with van der Waals surface area (Å²) in [7, 11) is 0. The minimum atomic E-state index is -0.00613. The SMILES string of the molecule is [2H]c1n2c(c(C)[n+]1-c1ccccc1C)C(C)(C)C=C2. The van der Waals surface area contributed by atoms with Gasteiger partial charge < -0.3 is 0 Å². The highest BCUT2D eigenvalue weighted by Crippen LogP contribution is 2.32. The van der Waals surface area contributed by atoms with Gasteiger partial charge >= 0.3 is 0 Å². The van der Waals surface area contributed by atoms with Crippen molar-refractivity contribution in [1.82, 2.24) is 4.57 Å². The van der Waals surface area contributed by atoms with E-state index in [1.807, 2.05) is 27.5 Å². The maximum Gasteiger partial charge on any atom is 0.254 e. The first-order valence-electron chi connectivity index (χ1n) is 6.83. The Balaban J connectivity index is 2.32. The fourth-order valence-corrected chi connectivity index (χ4v) is 2.79. The van der Waals surface area contributed by atoms with Gasteiger partial charge in [0.2, 0.25) is 0 Å². The zero-order chi connectivity index (χ0) is 13.8. The summed E-state index contributed by atoms with van der Waals surface area (Å²) in [4.78, 5) is 0. The number of aryl methyl sites for hydroxylation is 1. The highest BCUT2D eigenvalue weighted by atomic mass is 15.2. The monoisotopic (exact) mass is 240 g/mol. The Morgan fingerprint density at radius 1 is 1.22 bits per heavy atom. The third-order valence-corrected chi connectivity index (χ3v) is 3.73. The van der Waals surface area contributed by atoms with Gasteiger partial charge in [0, 0.05) is 6.92 Å². The van der Waals surface area contributed by atoms with Crippen LogP contribution in [0.15, 0.2) is 36.6 Å². The van der Waals surface area contributed by atoms with E-state index in [0.29, 0.717) is 6.30 Å². The van der Waals surface area contributed by atoms with Gasteiger partial charge in [-0.2, -0.15) is 4.57 Å². The van der Waals surface area contributed by atoms with Crippen LogP contribution in [0.3, 0.4) is 0 Å². The molecule has 1 aromatic carbocycles. The predicted octanol–water partition coefficient (Wildman–Crippen LogP) is 3.14. The molecule has 0 fully saturated rings. The first kappa shape index (κ1) is 10.1. The van der Waals surface area contributed by atoms with E-state index in [0.717, 1.165) is 11.4 Å². The van der Waals surface area contributed by atoms with Crippen molar-refractivity contribution in [3.63, 3.8) is 0 Å². The Hall–Kier alpha value is -1.83. The highest BCUT2D eigenvalue weighted by molar-refractivity contribution is 5.45. The Morgan fingerprint density at radius 2 is 1.94 bits per heavy atom. The summed E-state index contributed by atoms with van der Waals surface area (Å²) in [6, 6.07) is 8.22. The van der Waals surface area contributed by atoms with E-state index in [1.165, 1.54) is 11.3 Å². The van der Waals surface area contributed by atoms with E-state index in [1.54, 1.807) is 0 Å². The normalized spacial score (nSPS) is 16.8. The van der Waals surface area contributed by atoms with E-state index >= 15 is 0 Å². The standard InChI is InChI=1S/C16H19N2/c1-12-7-5-6-8-14(12)18-11-17-10-9-16(3,4)15(17)13(18)2/h5-11H,1-4H3/q+1/i11D. The van der Waals surface area contributed by atoms with Crippen molar-refractivity contribution in [2.75, 3.05) is 0 Å². The van der Waals surface area contributed by atoms with Crippen LogP contribution in [-0.4, -0.2) is 4.57 Å². The number of nitrogens with zero attached hydrogens (tertiary/aromatic N) is 2. The number of aromatic nitrogens is 2. The van der Waals surface area contributed by atoms with Crippen molar-refractivity contribution in [2.24, 2.45) is 0 Å². The summed E-state index contributed by atoms with van der Waals surface area (Å²) >= 11 is 0. The lowest BCUT2D eigenvalue weighted by Crippen LogP contribution is -2.33. The second-order valence-corrected chi connectivity index (χ2v) is 5.56. The molecule has 1 aliphatic rings. The molecule has 0 saturated heterocycles. The molecule has 0 amide bonds. The van der Waals surface area contributed by atoms with Crippen LogP contribution < -0.4 is 4.57 Å². The maximum absolute atomic E-state index is 8.43. The van der Waals surface area contributed by atoms with Gasteiger partial charge in [-0.15, -0.1) is 0 Å². The van der Waals surface area contributed by atoms with Crippen molar-refractivity contribution in [1.29, 1.82) is 0 Å². The zero-order valence-corrected chi connectivity index (χ0v) is 11.4. The summed E-state index contributed by atoms with van der Waals surface area (Å²) in [5, 5.41) is 0. The van der Waals surface area contributed by atoms with E-state index in [-0.39, 0.29) is 5.41 Å². The topological polar surface area (TPSA) is 8.81 Å². The summed E-state index contributed by atoms with van der Waals surface area (Å²) < 4.78 is 12.5. The second kappa shape index (κ2) is 3.58. The molecule has 0 N–H and O–H groups in total. The molecule has 18 heavy (non-hydrogen) atoms. The lowest BCUT2D eigenvalue weighted by molar-refractivity contribution is -0.602. The molecule has 0 atom stereocenters. The third kappa shape index (κ3) is 1.45. The fraction of sp³-hybridized carbons (Fsp3) is 0.312. The number of fused-ring (bicyclic) bond motifs is 1. The minimum Gasteiger partial charge on any atom is -0.205 e. The molecule has 0 spiro atoms. The summed E-state index contributed by atoms with van der Waals surface area (Å²) in [5.74, 6) is 0. The average molecular weight is 240 g/mol. The van der Waals surface area contributed by atoms with Gasteiger partial charge in [-0.3, -0.25) is 0 Å². The molecule has 2 nitrogen and oxygen atoms in total. The van der Waals surface area contributed by atoms with Crippen LogP contribution in [-0.2, 0) is 5.41 Å². The summed E-state index contributed by atoms with van der Waals surface area (Å²) in [6.07, 6.45) is 4.69. The minimum absolute atomic E-state index is 0.00613. The quantitative estimate of drug-likeness (QED) is 0.677. The number of benzene rings is 1. The summed E-state index contributed by atoms with van der Waals surface area (Å²) in [6.45, 7) is 8.57. The van der Waals surface area contributed by atoms with E-state index in [4.69, 9.17) is 1.37 Å². The predicted molar refractivity (Wildman–Crippen MR) is 73.8 cm³/mol. The Labute approximate surface area is 110 Å². The van der Waals surface area contributed by atoms with Crippen LogP contribution in [0, 0.1) is 13.8 Å². The smallest absolute Gasteiger partial charge is 0.205 e. The molecular formula is C16H19N2+. The molecule has 2 heteroatoms. The van der Waals surface area contributed by atoms with Crippen molar-refractivity contribution in [3.8, 4) is 5.69 Å². The summed E-state index contributed by atoms with van der Waals surface area (Å²) in [5.41, 5.74) is 4.63. The molecular weight excluding hydrogens is 220 g/mol. The zero-order valence-electron chi connectivity index (χ0n) is 12.4. The number of imidazole rings is 1. The highest BCUT2D eigenvalue weighted by Gasteiger charge is 2.36. The number of hydrogen-bond acceptors (Lipinski definition) is 0. The van der Waals surface area contributed by atoms with Crippen LogP contribution in [0.4, 0.5) is 0 Å². The first-order valence-corrected chi connectivity index (χ1v) is 6.33. The lowest BCUT2D eigenvalue weighted by Gasteiger charge is -2.12. The van der Waals surface area contributed by atoms with Gasteiger partial charge in [0.05, 0.1) is 11.6 Å². The van der Waals surface area contributed by atoms with Crippen molar-refractivity contribution >= 4 is 6.20 Å². The maximum atomic E-state index is 8.43. The lowest BCUT2D eigenvalue weighted by atomic mass is 9.90. The first-order chi connectivity index (χ1) is 8.93. The van der Waals surface area contributed by atoms with Gasteiger partial charge in [0.15, 0.2) is 7.06 Å². The average Bonchev–Trinajstić information content (AvgIpc) is 2.79. The van der Waals surface area contributed by atoms with Crippen LogP contribution >= 0.6 is 0 Å². The van der Waals surface area contributed by atoms with Crippen molar-refractivity contribution in [3.05, 3.63) is 53.6 Å². The van der Waals surface area contributed by atoms with Gasteiger partial charge in [-0.25, -0.2) is 4.57 Å². The van der Waals surface area contributed by atoms with Crippen molar-refractivity contribution in [2.45, 2.75) is 33.1 Å². The van der Waals surface area contributed by atoms with E-state index in [2.05, 4.69) is 45.9 Å². The number of hydrogen-bond donors (Lipinski definition) is 0. The largest absolute Gasteiger partial charge is 0.254 e. The molecule has 0 aliphatic carbocycles. The molecule has 3 rings (SSSR count). The fourth-order valence-electron chi connectivity index (χ4n) is 2.79. The molecule has 1 aromatic heterocycles. The number of allylic oxidation sites excluding steroid dienone is 1. The molecule has 0 unspecified atom stereocenters. The third-order valence-electron chi connectivity index (χ3n) is 3.73. The van der Waals surface area contributed by atoms with Crippen LogP contribution in [0.1, 0.15) is 32.2 Å². The molecule has 92 valence electrons. The van der Waals surface area contributed by atoms with Crippen LogP contribution in [0.25, 0.3) is 11.9 Å². The Bertz CT molecular complexity index is 693. The molecule has 0 saturated carbocycles. The van der Waals surface area contributed by atoms with Crippen molar-refractivity contribution < 1.29 is 5.94 Å². The Kier molecular flexibility index (Phi) is 2.01. The van der Waals surface area contributed by atoms with Crippen LogP contribution in [0.2, 0.25) is 0 Å². The second-order valence-electron chi connectivity index (χ2n) is 5.56. The molecule has 0 bridgehead atoms. The number of rotatable bonds is 1. The van der Waals surface area contributed by atoms with Gasteiger partial charge in [-0.05, 0) is 38.5 Å². The Morgan fingerprint density at radius 3 is 2.61 bits per heavy atom. The molecule has 2 heterocycles. The molecule has 1 aliphatic heterocycles. The molecule has 2 aromatic rings. The van der Waals surface area contributed by atoms with Gasteiger partial charge in [0.25, 0.3) is 6.30 Å². The number of para-hydroxylation sites is 1. The molecule has 0 radical (unpaired) electrons.